The molecule has 2 heterocycles. The number of nitroso groups, excluding NO2 is 1. The van der Waals surface area contributed by atoms with E-state index in [0.717, 1.165) is 16.3 Å². The van der Waals surface area contributed by atoms with Gasteiger partial charge < -0.3 is 4.74 Å². The van der Waals surface area contributed by atoms with Crippen LogP contribution in [-0.4, -0.2) is 50.3 Å². The fraction of sp³-hybridized carbons (Fsp3) is 0.419. The Morgan fingerprint density at radius 3 is 2.67 bits per heavy atom. The van der Waals surface area contributed by atoms with Gasteiger partial charge in [-0.15, -0.1) is 4.91 Å². The van der Waals surface area contributed by atoms with E-state index >= 15 is 0 Å². The summed E-state index contributed by atoms with van der Waals surface area (Å²) in [6.45, 7) is 1.01. The van der Waals surface area contributed by atoms with Crippen molar-refractivity contribution < 1.29 is 31.9 Å². The molecule has 0 bridgehead atoms. The van der Waals surface area contributed by atoms with Gasteiger partial charge in [0.1, 0.15) is 6.67 Å². The van der Waals surface area contributed by atoms with E-state index in [2.05, 4.69) is 15.4 Å². The maximum atomic E-state index is 14.2. The lowest BCUT2D eigenvalue weighted by Crippen LogP contribution is -2.32. The third kappa shape index (κ3) is 6.41. The second-order valence-corrected chi connectivity index (χ2v) is 11.7. The van der Waals surface area contributed by atoms with Crippen molar-refractivity contribution in [3.05, 3.63) is 98.0 Å². The van der Waals surface area contributed by atoms with Gasteiger partial charge in [0, 0.05) is 41.9 Å². The Bertz CT molecular complexity index is 1690. The molecule has 1 aromatic carbocycles. The summed E-state index contributed by atoms with van der Waals surface area (Å²) in [7, 11) is 1.78. The zero-order valence-electron chi connectivity index (χ0n) is 24.5. The van der Waals surface area contributed by atoms with Gasteiger partial charge >= 0.3 is 12.1 Å². The van der Waals surface area contributed by atoms with Gasteiger partial charge in [-0.3, -0.25) is 14.3 Å². The second-order valence-electron chi connectivity index (χ2n) is 11.3. The van der Waals surface area contributed by atoms with Gasteiger partial charge in [-0.25, -0.2) is 9.07 Å². The molecule has 2 aliphatic rings. The lowest BCUT2D eigenvalue weighted by atomic mass is 9.89. The molecule has 1 amide bonds. The van der Waals surface area contributed by atoms with Crippen LogP contribution >= 0.6 is 11.6 Å². The summed E-state index contributed by atoms with van der Waals surface area (Å²) < 4.78 is 64.5. The molecule has 0 aliphatic heterocycles. The van der Waals surface area contributed by atoms with E-state index in [4.69, 9.17) is 16.3 Å². The maximum Gasteiger partial charge on any atom is 0.398 e. The molecule has 5 rings (SSSR count). The summed E-state index contributed by atoms with van der Waals surface area (Å²) in [6, 6.07) is 4.07. The van der Waals surface area contributed by atoms with Crippen molar-refractivity contribution in [1.82, 2.24) is 19.6 Å². The molecule has 2 aromatic heterocycles. The van der Waals surface area contributed by atoms with Gasteiger partial charge in [-0.2, -0.15) is 23.4 Å². The minimum Gasteiger partial charge on any atom is -0.373 e. The van der Waals surface area contributed by atoms with Crippen molar-refractivity contribution >= 4 is 23.4 Å². The van der Waals surface area contributed by atoms with Gasteiger partial charge in [0.15, 0.2) is 0 Å². The molecule has 0 spiro atoms. The summed E-state index contributed by atoms with van der Waals surface area (Å²) in [6.07, 6.45) is 3.24. The molecule has 1 fully saturated rings. The van der Waals surface area contributed by atoms with Crippen LogP contribution in [0.4, 0.5) is 17.6 Å². The van der Waals surface area contributed by atoms with Gasteiger partial charge in [0.2, 0.25) is 0 Å². The molecule has 0 saturated heterocycles. The first kappa shape index (κ1) is 32.4. The maximum absolute atomic E-state index is 14.2. The number of amides is 1. The first-order valence-electron chi connectivity index (χ1n) is 14.3. The molecule has 1 saturated carbocycles. The molecule has 9 nitrogen and oxygen atoms in total. The smallest absolute Gasteiger partial charge is 0.373 e. The molecule has 0 radical (unpaired) electrons. The minimum absolute atomic E-state index is 0.118. The Labute approximate surface area is 260 Å². The molecule has 3 aromatic rings. The second kappa shape index (κ2) is 12.8. The van der Waals surface area contributed by atoms with Crippen LogP contribution in [0.15, 0.2) is 59.6 Å². The van der Waals surface area contributed by atoms with E-state index in [0.29, 0.717) is 29.8 Å². The first-order chi connectivity index (χ1) is 21.4. The Kier molecular flexibility index (Phi) is 9.22. The van der Waals surface area contributed by atoms with Crippen LogP contribution in [0.1, 0.15) is 70.5 Å². The number of rotatable bonds is 10. The Morgan fingerprint density at radius 2 is 2.04 bits per heavy atom. The Morgan fingerprint density at radius 1 is 1.29 bits per heavy atom. The van der Waals surface area contributed by atoms with Crippen molar-refractivity contribution in [2.24, 2.45) is 12.2 Å². The predicted molar refractivity (Wildman–Crippen MR) is 157 cm³/mol. The SMILES string of the molecule is C[C@H](/C=C\C(=C/CF)C(=O)N=O)c1nn(C(=O)c2c(Cl)cccc2C2(C(F)(F)F)CC2)c2c1CC[C@H](OCc1cnn(C)c1)C2. The Hall–Kier alpha value is -3.97. The number of benzene rings is 1. The van der Waals surface area contributed by atoms with E-state index < -0.39 is 36.0 Å². The number of aromatic nitrogens is 4. The average Bonchev–Trinajstić information content (AvgIpc) is 3.61. The van der Waals surface area contributed by atoms with Crippen LogP contribution in [-0.2, 0) is 41.4 Å². The van der Waals surface area contributed by atoms with E-state index in [-0.39, 0.29) is 53.7 Å². The molecule has 2 aliphatic carbocycles. The largest absolute Gasteiger partial charge is 0.398 e. The minimum atomic E-state index is -4.58. The van der Waals surface area contributed by atoms with Crippen molar-refractivity contribution in [1.29, 1.82) is 0 Å². The van der Waals surface area contributed by atoms with Gasteiger partial charge in [-0.05, 0) is 49.0 Å². The number of hydrogen-bond acceptors (Lipinski definition) is 6. The lowest BCUT2D eigenvalue weighted by molar-refractivity contribution is -0.160. The molecular weight excluding hydrogens is 618 g/mol. The highest BCUT2D eigenvalue weighted by molar-refractivity contribution is 6.34. The average molecular weight is 648 g/mol. The lowest BCUT2D eigenvalue weighted by Gasteiger charge is -2.25. The number of halogens is 5. The molecule has 0 N–H and O–H groups in total. The van der Waals surface area contributed by atoms with Crippen molar-refractivity contribution in [2.75, 3.05) is 6.67 Å². The fourth-order valence-corrected chi connectivity index (χ4v) is 6.08. The molecule has 14 heteroatoms. The normalized spacial score (nSPS) is 18.6. The van der Waals surface area contributed by atoms with Crippen molar-refractivity contribution in [3.63, 3.8) is 0 Å². The molecule has 2 atom stereocenters. The summed E-state index contributed by atoms with van der Waals surface area (Å²) >= 11 is 6.44. The highest BCUT2D eigenvalue weighted by Gasteiger charge is 2.65. The monoisotopic (exact) mass is 647 g/mol. The zero-order chi connectivity index (χ0) is 32.5. The van der Waals surface area contributed by atoms with Crippen LogP contribution in [0.25, 0.3) is 0 Å². The summed E-state index contributed by atoms with van der Waals surface area (Å²) in [4.78, 5) is 36.8. The molecule has 45 heavy (non-hydrogen) atoms. The zero-order valence-corrected chi connectivity index (χ0v) is 25.2. The van der Waals surface area contributed by atoms with Crippen LogP contribution in [0.5, 0.6) is 0 Å². The highest BCUT2D eigenvalue weighted by atomic mass is 35.5. The van der Waals surface area contributed by atoms with E-state index in [1.54, 1.807) is 24.9 Å². The number of nitrogens with zero attached hydrogens (tertiary/aromatic N) is 5. The number of allylic oxidation sites excluding steroid dienone is 2. The molecule has 0 unspecified atom stereocenters. The fourth-order valence-electron chi connectivity index (χ4n) is 5.82. The topological polar surface area (TPSA) is 108 Å². The number of ether oxygens (including phenoxy) is 1. The summed E-state index contributed by atoms with van der Waals surface area (Å²) in [5.41, 5.74) is -0.370. The number of carbonyl (C=O) groups excluding carboxylic acids is 2. The van der Waals surface area contributed by atoms with Crippen molar-refractivity contribution in [2.45, 2.75) is 69.2 Å². The highest BCUT2D eigenvalue weighted by Crippen LogP contribution is 2.60. The number of fused-ring (bicyclic) bond motifs is 1. The summed E-state index contributed by atoms with van der Waals surface area (Å²) in [5.74, 6) is -2.48. The number of alkyl halides is 4. The van der Waals surface area contributed by atoms with Crippen LogP contribution in [0, 0.1) is 4.91 Å². The van der Waals surface area contributed by atoms with Crippen LogP contribution in [0.2, 0.25) is 5.02 Å². The number of hydrogen-bond donors (Lipinski definition) is 0. The third-order valence-corrected chi connectivity index (χ3v) is 8.67. The third-order valence-electron chi connectivity index (χ3n) is 8.35. The number of aryl methyl sites for hydroxylation is 1. The Balaban J connectivity index is 1.55. The first-order valence-corrected chi connectivity index (χ1v) is 14.7. The van der Waals surface area contributed by atoms with Gasteiger partial charge in [0.25, 0.3) is 5.91 Å². The quantitative estimate of drug-likeness (QED) is 0.108. The number of carbonyl (C=O) groups is 2. The van der Waals surface area contributed by atoms with Crippen molar-refractivity contribution in [3.8, 4) is 0 Å². The summed E-state index contributed by atoms with van der Waals surface area (Å²) in [5, 5.41) is 11.0. The predicted octanol–water partition coefficient (Wildman–Crippen LogP) is 6.48. The van der Waals surface area contributed by atoms with Crippen LogP contribution in [0.3, 0.4) is 0 Å². The van der Waals surface area contributed by atoms with Gasteiger partial charge in [0.05, 0.1) is 46.3 Å². The standard InChI is InChI=1S/C31H30ClF4N5O4/c1-18(6-7-20(10-13-33)28(42)39-44)27-22-9-8-21(45-17-19-15-37-40(2)16-19)14-25(22)41(38-27)29(43)26-23(4-3-5-24(26)32)30(11-12-30)31(34,35)36/h3-7,10,15-16,18,21H,8-9,11-14,17H2,1-2H3/b7-6-,20-10+/t18-,21+/m1/s1. The van der Waals surface area contributed by atoms with E-state index in [9.17, 15) is 32.1 Å². The van der Waals surface area contributed by atoms with E-state index in [1.807, 2.05) is 6.20 Å². The molecular formula is C31H30ClF4N5O4. The van der Waals surface area contributed by atoms with Crippen LogP contribution < -0.4 is 0 Å². The van der Waals surface area contributed by atoms with Gasteiger partial charge in [-0.1, -0.05) is 42.8 Å². The molecule has 238 valence electrons. The van der Waals surface area contributed by atoms with E-state index in [1.165, 1.54) is 30.4 Å².